The van der Waals surface area contributed by atoms with Crippen LogP contribution in [0.1, 0.15) is 83.5 Å². The van der Waals surface area contributed by atoms with Gasteiger partial charge in [0.05, 0.1) is 10.7 Å². The molecule has 2 N–H and O–H groups in total. The number of benzene rings is 2. The van der Waals surface area contributed by atoms with Crippen LogP contribution in [0.2, 0.25) is 5.02 Å². The molecule has 2 rings (SSSR count). The molecule has 0 spiro atoms. The van der Waals surface area contributed by atoms with Gasteiger partial charge in [-0.05, 0) is 63.3 Å². The van der Waals surface area contributed by atoms with Crippen LogP contribution in [0.4, 0.5) is 10.5 Å². The fraction of sp³-hybridized carbons (Fsp3) is 0.469. The molecule has 0 saturated carbocycles. The van der Waals surface area contributed by atoms with Gasteiger partial charge in [-0.2, -0.15) is 0 Å². The molecule has 0 aliphatic rings. The number of nitrogens with zero attached hydrogens (tertiary/aromatic N) is 1. The first-order valence-electron chi connectivity index (χ1n) is 13.7. The van der Waals surface area contributed by atoms with Crippen molar-refractivity contribution in [3.63, 3.8) is 0 Å². The Morgan fingerprint density at radius 2 is 1.75 bits per heavy atom. The molecule has 0 aliphatic heterocycles. The predicted octanol–water partition coefficient (Wildman–Crippen LogP) is 6.88. The van der Waals surface area contributed by atoms with Gasteiger partial charge in [-0.25, -0.2) is 4.79 Å². The van der Waals surface area contributed by atoms with Crippen LogP contribution < -0.4 is 10.6 Å². The first-order chi connectivity index (χ1) is 18.8. The number of ether oxygens (including phenoxy) is 1. The van der Waals surface area contributed by atoms with Gasteiger partial charge in [-0.1, -0.05) is 81.5 Å². The SMILES string of the molecule is C#Cc1ccccc1C(C(=O)Nc1c(C)cccc1Cl)N(CCCCC)C(=O)C(NC(=O)OC(C)(C)C)C(C)C. The molecule has 216 valence electrons. The maximum atomic E-state index is 14.3. The summed E-state index contributed by atoms with van der Waals surface area (Å²) in [5.41, 5.74) is 1.51. The number of carbonyl (C=O) groups excluding carboxylic acids is 3. The largest absolute Gasteiger partial charge is 0.444 e. The molecule has 0 aliphatic carbocycles. The number of hydrogen-bond acceptors (Lipinski definition) is 4. The Morgan fingerprint density at radius 1 is 1.07 bits per heavy atom. The van der Waals surface area contributed by atoms with Crippen molar-refractivity contribution in [2.24, 2.45) is 5.92 Å². The predicted molar refractivity (Wildman–Crippen MR) is 161 cm³/mol. The molecule has 7 nitrogen and oxygen atoms in total. The molecule has 2 unspecified atom stereocenters. The van der Waals surface area contributed by atoms with Gasteiger partial charge in [-0.15, -0.1) is 6.42 Å². The normalized spacial score (nSPS) is 12.7. The van der Waals surface area contributed by atoms with Crippen molar-refractivity contribution in [3.05, 3.63) is 64.2 Å². The molecule has 0 saturated heterocycles. The molecule has 0 fully saturated rings. The average molecular weight is 568 g/mol. The zero-order valence-corrected chi connectivity index (χ0v) is 25.4. The number of rotatable bonds is 11. The highest BCUT2D eigenvalue weighted by molar-refractivity contribution is 6.34. The van der Waals surface area contributed by atoms with Crippen LogP contribution in [-0.4, -0.2) is 41.0 Å². The maximum absolute atomic E-state index is 14.3. The van der Waals surface area contributed by atoms with Gasteiger partial charge in [0.15, 0.2) is 0 Å². The molecule has 0 bridgehead atoms. The molecule has 0 radical (unpaired) electrons. The fourth-order valence-corrected chi connectivity index (χ4v) is 4.59. The molecule has 2 atom stereocenters. The van der Waals surface area contributed by atoms with Crippen molar-refractivity contribution in [1.82, 2.24) is 10.2 Å². The van der Waals surface area contributed by atoms with Crippen molar-refractivity contribution in [1.29, 1.82) is 0 Å². The van der Waals surface area contributed by atoms with Crippen LogP contribution in [0.3, 0.4) is 0 Å². The Balaban J connectivity index is 2.63. The van der Waals surface area contributed by atoms with Gasteiger partial charge in [0.25, 0.3) is 5.91 Å². The van der Waals surface area contributed by atoms with E-state index >= 15 is 0 Å². The van der Waals surface area contributed by atoms with Gasteiger partial charge >= 0.3 is 6.09 Å². The number of amides is 3. The summed E-state index contributed by atoms with van der Waals surface area (Å²) in [4.78, 5) is 42.7. The van der Waals surface area contributed by atoms with E-state index in [1.54, 1.807) is 57.2 Å². The van der Waals surface area contributed by atoms with E-state index in [2.05, 4.69) is 23.5 Å². The summed E-state index contributed by atoms with van der Waals surface area (Å²) in [6.45, 7) is 13.1. The summed E-state index contributed by atoms with van der Waals surface area (Å²) < 4.78 is 5.44. The monoisotopic (exact) mass is 567 g/mol. The highest BCUT2D eigenvalue weighted by Gasteiger charge is 2.38. The number of hydrogen-bond donors (Lipinski definition) is 2. The van der Waals surface area contributed by atoms with Crippen LogP contribution in [0.5, 0.6) is 0 Å². The van der Waals surface area contributed by atoms with Crippen LogP contribution in [0, 0.1) is 25.2 Å². The molecule has 8 heteroatoms. The third-order valence-corrected chi connectivity index (χ3v) is 6.65. The molecule has 0 aromatic heterocycles. The smallest absolute Gasteiger partial charge is 0.408 e. The summed E-state index contributed by atoms with van der Waals surface area (Å²) in [5.74, 6) is 1.51. The van der Waals surface area contributed by atoms with Gasteiger partial charge in [0.2, 0.25) is 5.91 Å². The van der Waals surface area contributed by atoms with E-state index < -0.39 is 35.6 Å². The molecule has 2 aromatic carbocycles. The molecular formula is C32H42ClN3O4. The lowest BCUT2D eigenvalue weighted by molar-refractivity contribution is -0.141. The van der Waals surface area contributed by atoms with Crippen molar-refractivity contribution in [2.75, 3.05) is 11.9 Å². The number of aryl methyl sites for hydroxylation is 1. The summed E-state index contributed by atoms with van der Waals surface area (Å²) in [5, 5.41) is 6.07. The summed E-state index contributed by atoms with van der Waals surface area (Å²) in [7, 11) is 0. The summed E-state index contributed by atoms with van der Waals surface area (Å²) in [6.07, 6.45) is 7.57. The molecule has 3 amide bonds. The van der Waals surface area contributed by atoms with Gasteiger partial charge in [0.1, 0.15) is 17.7 Å². The highest BCUT2D eigenvalue weighted by atomic mass is 35.5. The number of nitrogens with one attached hydrogen (secondary N) is 2. The lowest BCUT2D eigenvalue weighted by Gasteiger charge is -2.36. The molecule has 2 aromatic rings. The second kappa shape index (κ2) is 14.8. The third kappa shape index (κ3) is 9.02. The standard InChI is InChI=1S/C32H42ClN3O4/c1-9-11-14-20-36(30(38)26(21(3)4)35-31(39)40-32(6,7)8)28(24-18-13-12-17-23(24)10-2)29(37)34-27-22(5)16-15-19-25(27)33/h2,12-13,15-19,21,26,28H,9,11,14,20H2,1,3-8H3,(H,34,37)(H,35,39). The Labute approximate surface area is 244 Å². The van der Waals surface area contributed by atoms with Gasteiger partial charge in [0, 0.05) is 12.1 Å². The maximum Gasteiger partial charge on any atom is 0.408 e. The highest BCUT2D eigenvalue weighted by Crippen LogP contribution is 2.31. The van der Waals surface area contributed by atoms with Crippen molar-refractivity contribution < 1.29 is 19.1 Å². The Hall–Kier alpha value is -3.50. The minimum Gasteiger partial charge on any atom is -0.444 e. The zero-order chi connectivity index (χ0) is 30.0. The first-order valence-corrected chi connectivity index (χ1v) is 14.1. The lowest BCUT2D eigenvalue weighted by Crippen LogP contribution is -2.54. The van der Waals surface area contributed by atoms with Crippen LogP contribution >= 0.6 is 11.6 Å². The number of alkyl carbamates (subject to hydrolysis) is 1. The van der Waals surface area contributed by atoms with E-state index in [1.165, 1.54) is 4.90 Å². The number of anilines is 1. The number of para-hydroxylation sites is 1. The minimum atomic E-state index is -1.08. The van der Waals surface area contributed by atoms with E-state index in [-0.39, 0.29) is 12.5 Å². The van der Waals surface area contributed by atoms with Crippen LogP contribution in [0.25, 0.3) is 0 Å². The van der Waals surface area contributed by atoms with Crippen molar-refractivity contribution in [3.8, 4) is 12.3 Å². The Bertz CT molecular complexity index is 1210. The summed E-state index contributed by atoms with van der Waals surface area (Å²) >= 11 is 6.44. The Morgan fingerprint density at radius 3 is 2.33 bits per heavy atom. The zero-order valence-electron chi connectivity index (χ0n) is 24.6. The topological polar surface area (TPSA) is 87.7 Å². The second-order valence-electron chi connectivity index (χ2n) is 11.2. The number of unbranched alkanes of at least 4 members (excludes halogenated alkanes) is 2. The van der Waals surface area contributed by atoms with E-state index in [0.29, 0.717) is 28.3 Å². The fourth-order valence-electron chi connectivity index (χ4n) is 4.32. The molecule has 0 heterocycles. The summed E-state index contributed by atoms with van der Waals surface area (Å²) in [6, 6.07) is 10.4. The average Bonchev–Trinajstić information content (AvgIpc) is 2.87. The Kier molecular flexibility index (Phi) is 12.1. The first kappa shape index (κ1) is 32.7. The lowest BCUT2D eigenvalue weighted by atomic mass is 9.95. The third-order valence-electron chi connectivity index (χ3n) is 6.33. The van der Waals surface area contributed by atoms with Crippen molar-refractivity contribution >= 4 is 35.2 Å². The molecular weight excluding hydrogens is 526 g/mol. The van der Waals surface area contributed by atoms with E-state index in [0.717, 1.165) is 18.4 Å². The van der Waals surface area contributed by atoms with Gasteiger partial charge < -0.3 is 20.3 Å². The van der Waals surface area contributed by atoms with Crippen LogP contribution in [-0.2, 0) is 14.3 Å². The minimum absolute atomic E-state index is 0.282. The number of terminal acetylenes is 1. The second-order valence-corrected chi connectivity index (χ2v) is 11.6. The van der Waals surface area contributed by atoms with E-state index in [4.69, 9.17) is 22.8 Å². The number of halogens is 1. The quantitative estimate of drug-likeness (QED) is 0.229. The molecule has 40 heavy (non-hydrogen) atoms. The van der Waals surface area contributed by atoms with E-state index in [9.17, 15) is 14.4 Å². The van der Waals surface area contributed by atoms with Gasteiger partial charge in [-0.3, -0.25) is 9.59 Å². The van der Waals surface area contributed by atoms with Crippen molar-refractivity contribution in [2.45, 2.75) is 85.4 Å². The van der Waals surface area contributed by atoms with E-state index in [1.807, 2.05) is 26.8 Å². The number of carbonyl (C=O) groups is 3. The van der Waals surface area contributed by atoms with Crippen LogP contribution in [0.15, 0.2) is 42.5 Å².